The van der Waals surface area contributed by atoms with Crippen molar-refractivity contribution < 1.29 is 4.42 Å². The summed E-state index contributed by atoms with van der Waals surface area (Å²) in [6, 6.07) is 62.8. The number of fused-ring (bicyclic) bond motifs is 12. The molecule has 58 heavy (non-hydrogen) atoms. The molecule has 2 heterocycles. The van der Waals surface area contributed by atoms with Crippen molar-refractivity contribution in [1.82, 2.24) is 0 Å². The number of thiophene rings is 1. The Balaban J connectivity index is 1.09. The Morgan fingerprint density at radius 2 is 1.05 bits per heavy atom. The van der Waals surface area contributed by atoms with Gasteiger partial charge in [-0.05, 0) is 92.7 Å². The number of rotatable bonds is 6. The van der Waals surface area contributed by atoms with Crippen molar-refractivity contribution in [3.8, 4) is 11.1 Å². The molecule has 11 aromatic rings. The largest absolute Gasteiger partial charge is 0.455 e. The fourth-order valence-corrected chi connectivity index (χ4v) is 10.1. The lowest BCUT2D eigenvalue weighted by Crippen LogP contribution is -2.05. The SMILES string of the molecule is C=C(N=C(/C(C)=C(\C)c1cccc2sc3cccc(-c4cccc5c4oc4ccccc45)c3c12)c1ccccc1)c1ccc2c3ccccc3c3ccccc3c2c1. The molecule has 0 unspecified atom stereocenters. The highest BCUT2D eigenvalue weighted by Crippen LogP contribution is 2.46. The zero-order chi connectivity index (χ0) is 38.9. The third kappa shape index (κ3) is 5.35. The normalized spacial score (nSPS) is 12.8. The molecular formula is C55H37NOS. The molecule has 0 amide bonds. The Bertz CT molecular complexity index is 3510. The van der Waals surface area contributed by atoms with Gasteiger partial charge in [-0.1, -0.05) is 158 Å². The minimum Gasteiger partial charge on any atom is -0.455 e. The van der Waals surface area contributed by atoms with E-state index in [1.165, 1.54) is 69.2 Å². The van der Waals surface area contributed by atoms with Gasteiger partial charge in [0.1, 0.15) is 11.2 Å². The molecule has 11 rings (SSSR count). The van der Waals surface area contributed by atoms with Crippen LogP contribution in [0, 0.1) is 0 Å². The summed E-state index contributed by atoms with van der Waals surface area (Å²) < 4.78 is 9.08. The smallest absolute Gasteiger partial charge is 0.143 e. The average molecular weight is 760 g/mol. The molecular weight excluding hydrogens is 723 g/mol. The quantitative estimate of drug-likeness (QED) is 0.122. The van der Waals surface area contributed by atoms with Crippen molar-refractivity contribution in [2.75, 3.05) is 0 Å². The Kier molecular flexibility index (Phi) is 7.99. The Labute approximate surface area is 340 Å². The Morgan fingerprint density at radius 1 is 0.483 bits per heavy atom. The van der Waals surface area contributed by atoms with Crippen LogP contribution in [-0.4, -0.2) is 5.71 Å². The molecule has 0 bridgehead atoms. The standard InChI is InChI=1S/C55H37NOS/c1-33(38-23-14-28-50-52(38)53-45(24-15-29-51(53)58-50)47-26-13-25-46-44-22-11-12-27-49(44)57-55(46)47)34(2)54(36-16-5-4-6-17-36)56-35(3)37-30-31-43-41-20-8-7-18-39(41)40-19-9-10-21-42(40)48(43)32-37/h4-32H,3H2,1-2H3/b34-33+,56-54?. The molecule has 0 fully saturated rings. The molecule has 0 saturated carbocycles. The van der Waals surface area contributed by atoms with Crippen molar-refractivity contribution in [2.24, 2.45) is 4.99 Å². The fraction of sp³-hybridized carbons (Fsp3) is 0.0364. The fourth-order valence-electron chi connectivity index (χ4n) is 8.99. The zero-order valence-electron chi connectivity index (χ0n) is 32.2. The summed E-state index contributed by atoms with van der Waals surface area (Å²) in [6.07, 6.45) is 0. The number of nitrogens with zero attached hydrogens (tertiary/aromatic N) is 1. The highest BCUT2D eigenvalue weighted by atomic mass is 32.1. The minimum atomic E-state index is 0.727. The third-order valence-corrected chi connectivity index (χ3v) is 13.0. The maximum absolute atomic E-state index is 6.58. The average Bonchev–Trinajstić information content (AvgIpc) is 3.87. The van der Waals surface area contributed by atoms with Crippen LogP contribution in [0.2, 0.25) is 0 Å². The maximum Gasteiger partial charge on any atom is 0.143 e. The molecule has 0 aliphatic rings. The van der Waals surface area contributed by atoms with Gasteiger partial charge in [0, 0.05) is 47.6 Å². The predicted molar refractivity (Wildman–Crippen MR) is 251 cm³/mol. The second-order valence-corrected chi connectivity index (χ2v) is 16.2. The van der Waals surface area contributed by atoms with E-state index >= 15 is 0 Å². The van der Waals surface area contributed by atoms with Gasteiger partial charge in [0.2, 0.25) is 0 Å². The van der Waals surface area contributed by atoms with Crippen molar-refractivity contribution in [3.05, 3.63) is 205 Å². The van der Waals surface area contributed by atoms with Gasteiger partial charge in [0.25, 0.3) is 0 Å². The summed E-state index contributed by atoms with van der Waals surface area (Å²) in [4.78, 5) is 5.42. The molecule has 0 atom stereocenters. The van der Waals surface area contributed by atoms with Gasteiger partial charge < -0.3 is 4.42 Å². The van der Waals surface area contributed by atoms with Crippen LogP contribution in [0.5, 0.6) is 0 Å². The lowest BCUT2D eigenvalue weighted by Gasteiger charge is -2.16. The van der Waals surface area contributed by atoms with Crippen molar-refractivity contribution in [3.63, 3.8) is 0 Å². The predicted octanol–water partition coefficient (Wildman–Crippen LogP) is 16.0. The lowest BCUT2D eigenvalue weighted by molar-refractivity contribution is 0.670. The number of aliphatic imine (C=N–C) groups is 1. The lowest BCUT2D eigenvalue weighted by atomic mass is 9.90. The summed E-state index contributed by atoms with van der Waals surface area (Å²) in [5.74, 6) is 0. The number of furan rings is 1. The van der Waals surface area contributed by atoms with Gasteiger partial charge in [-0.25, -0.2) is 4.99 Å². The van der Waals surface area contributed by atoms with Gasteiger partial charge in [0.15, 0.2) is 0 Å². The van der Waals surface area contributed by atoms with Gasteiger partial charge in [0.05, 0.1) is 11.4 Å². The van der Waals surface area contributed by atoms with Crippen LogP contribution in [0.3, 0.4) is 0 Å². The van der Waals surface area contributed by atoms with E-state index in [4.69, 9.17) is 9.41 Å². The Hall–Kier alpha value is -7.07. The topological polar surface area (TPSA) is 25.5 Å². The monoisotopic (exact) mass is 759 g/mol. The number of benzene rings is 9. The molecule has 0 N–H and O–H groups in total. The second kappa shape index (κ2) is 13.5. The van der Waals surface area contributed by atoms with E-state index < -0.39 is 0 Å². The number of hydrogen-bond acceptors (Lipinski definition) is 3. The van der Waals surface area contributed by atoms with Crippen molar-refractivity contribution in [2.45, 2.75) is 13.8 Å². The van der Waals surface area contributed by atoms with E-state index in [2.05, 4.69) is 190 Å². The molecule has 0 aliphatic carbocycles. The summed E-state index contributed by atoms with van der Waals surface area (Å²) in [5, 5.41) is 12.2. The first-order chi connectivity index (χ1) is 28.5. The van der Waals surface area contributed by atoms with E-state index in [9.17, 15) is 0 Å². The second-order valence-electron chi connectivity index (χ2n) is 15.1. The van der Waals surface area contributed by atoms with E-state index in [0.29, 0.717) is 0 Å². The third-order valence-electron chi connectivity index (χ3n) is 11.9. The molecule has 2 aromatic heterocycles. The van der Waals surface area contributed by atoms with Crippen LogP contribution in [0.15, 0.2) is 197 Å². The summed E-state index contributed by atoms with van der Waals surface area (Å²) in [5.41, 5.74) is 11.3. The van der Waals surface area contributed by atoms with Crippen LogP contribution in [-0.2, 0) is 0 Å². The van der Waals surface area contributed by atoms with Crippen LogP contribution >= 0.6 is 11.3 Å². The van der Waals surface area contributed by atoms with Gasteiger partial charge in [-0.2, -0.15) is 0 Å². The molecule has 2 nitrogen and oxygen atoms in total. The molecule has 0 spiro atoms. The number of para-hydroxylation sites is 2. The van der Waals surface area contributed by atoms with Crippen LogP contribution in [0.1, 0.15) is 30.5 Å². The van der Waals surface area contributed by atoms with E-state index in [-0.39, 0.29) is 0 Å². The van der Waals surface area contributed by atoms with Gasteiger partial charge in [-0.3, -0.25) is 0 Å². The highest BCUT2D eigenvalue weighted by Gasteiger charge is 2.20. The van der Waals surface area contributed by atoms with Gasteiger partial charge >= 0.3 is 0 Å². The van der Waals surface area contributed by atoms with Crippen LogP contribution < -0.4 is 0 Å². The van der Waals surface area contributed by atoms with Gasteiger partial charge in [-0.15, -0.1) is 11.3 Å². The van der Waals surface area contributed by atoms with Crippen molar-refractivity contribution in [1.29, 1.82) is 0 Å². The van der Waals surface area contributed by atoms with E-state index in [1.807, 2.05) is 17.4 Å². The van der Waals surface area contributed by atoms with Crippen LogP contribution in [0.25, 0.3) is 96.8 Å². The number of allylic oxidation sites excluding steroid dienone is 2. The van der Waals surface area contributed by atoms with Crippen LogP contribution in [0.4, 0.5) is 0 Å². The summed E-state index contributed by atoms with van der Waals surface area (Å²) in [7, 11) is 0. The van der Waals surface area contributed by atoms with Crippen molar-refractivity contribution >= 4 is 103 Å². The molecule has 274 valence electrons. The minimum absolute atomic E-state index is 0.727. The number of hydrogen-bond donors (Lipinski definition) is 0. The first-order valence-corrected chi connectivity index (χ1v) is 20.5. The summed E-state index contributed by atoms with van der Waals surface area (Å²) in [6.45, 7) is 9.05. The van der Waals surface area contributed by atoms with E-state index in [1.54, 1.807) is 0 Å². The molecule has 3 heteroatoms. The molecule has 9 aromatic carbocycles. The zero-order valence-corrected chi connectivity index (χ0v) is 33.0. The van der Waals surface area contributed by atoms with E-state index in [0.717, 1.165) is 55.6 Å². The first kappa shape index (κ1) is 34.2. The molecule has 0 radical (unpaired) electrons. The first-order valence-electron chi connectivity index (χ1n) is 19.7. The highest BCUT2D eigenvalue weighted by molar-refractivity contribution is 7.26. The summed E-state index contributed by atoms with van der Waals surface area (Å²) >= 11 is 1.84. The molecule has 0 aliphatic heterocycles. The maximum atomic E-state index is 6.58. The Morgan fingerprint density at radius 3 is 1.79 bits per heavy atom. The molecule has 0 saturated heterocycles.